The van der Waals surface area contributed by atoms with Gasteiger partial charge in [0, 0.05) is 19.6 Å². The van der Waals surface area contributed by atoms with E-state index in [0.29, 0.717) is 6.54 Å². The van der Waals surface area contributed by atoms with Crippen LogP contribution in [0.3, 0.4) is 0 Å². The van der Waals surface area contributed by atoms with Crippen LogP contribution in [0.1, 0.15) is 27.2 Å². The van der Waals surface area contributed by atoms with Gasteiger partial charge in [0.1, 0.15) is 5.60 Å². The predicted molar refractivity (Wildman–Crippen MR) is 67.9 cm³/mol. The first kappa shape index (κ1) is 15.7. The van der Waals surface area contributed by atoms with E-state index < -0.39 is 23.2 Å². The van der Waals surface area contributed by atoms with E-state index in [4.69, 9.17) is 14.9 Å². The van der Waals surface area contributed by atoms with E-state index in [2.05, 4.69) is 5.32 Å². The van der Waals surface area contributed by atoms with Gasteiger partial charge in [0.25, 0.3) is 0 Å². The van der Waals surface area contributed by atoms with Crippen LogP contribution in [0.4, 0.5) is 4.79 Å². The van der Waals surface area contributed by atoms with Crippen molar-refractivity contribution in [2.45, 2.75) is 38.3 Å². The highest BCUT2D eigenvalue weighted by Gasteiger charge is 2.47. The number of aliphatic hydroxyl groups excluding tert-OH is 1. The Hall–Kier alpha value is -1.34. The highest BCUT2D eigenvalue weighted by Crippen LogP contribution is 2.26. The Kier molecular flexibility index (Phi) is 4.75. The third-order valence-corrected chi connectivity index (χ3v) is 2.74. The fraction of sp³-hybridized carbons (Fsp3) is 0.833. The van der Waals surface area contributed by atoms with Crippen LogP contribution in [0.2, 0.25) is 0 Å². The van der Waals surface area contributed by atoms with Crippen LogP contribution in [0, 0.1) is 0 Å². The summed E-state index contributed by atoms with van der Waals surface area (Å²) in [6.07, 6.45) is -0.536. The molecule has 7 nitrogen and oxygen atoms in total. The van der Waals surface area contributed by atoms with Crippen LogP contribution < -0.4 is 5.32 Å². The van der Waals surface area contributed by atoms with Crippen molar-refractivity contribution < 1.29 is 24.5 Å². The molecule has 1 rings (SSSR count). The molecule has 0 aromatic carbocycles. The molecular weight excluding hydrogens is 252 g/mol. The summed E-state index contributed by atoms with van der Waals surface area (Å²) in [5, 5.41) is 20.7. The van der Waals surface area contributed by atoms with Crippen LogP contribution in [-0.2, 0) is 9.53 Å². The van der Waals surface area contributed by atoms with E-state index in [1.807, 2.05) is 0 Å². The summed E-state index contributed by atoms with van der Waals surface area (Å²) in [6, 6.07) is 0. The van der Waals surface area contributed by atoms with Crippen molar-refractivity contribution in [3.05, 3.63) is 0 Å². The molecule has 1 aliphatic heterocycles. The topological polar surface area (TPSA) is 99.1 Å². The van der Waals surface area contributed by atoms with Crippen molar-refractivity contribution >= 4 is 12.1 Å². The number of nitrogens with zero attached hydrogens (tertiary/aromatic N) is 1. The first-order valence-electron chi connectivity index (χ1n) is 6.23. The number of rotatable bonds is 5. The van der Waals surface area contributed by atoms with Crippen molar-refractivity contribution in [1.82, 2.24) is 10.2 Å². The summed E-state index contributed by atoms with van der Waals surface area (Å²) in [5.74, 6) is -0.936. The normalized spacial score (nSPS) is 17.8. The SMILES string of the molecule is CC(C)(C)OC(=O)N1CC(CC(=O)O)(NCCO)C1. The van der Waals surface area contributed by atoms with Crippen molar-refractivity contribution in [3.63, 3.8) is 0 Å². The third kappa shape index (κ3) is 4.68. The van der Waals surface area contributed by atoms with Gasteiger partial charge in [-0.15, -0.1) is 0 Å². The number of carbonyl (C=O) groups excluding carboxylic acids is 1. The Morgan fingerprint density at radius 1 is 1.37 bits per heavy atom. The summed E-state index contributed by atoms with van der Waals surface area (Å²) in [5.41, 5.74) is -1.23. The number of carbonyl (C=O) groups is 2. The number of nitrogens with one attached hydrogen (secondary N) is 1. The molecule has 1 saturated heterocycles. The number of amides is 1. The molecule has 1 amide bonds. The molecular formula is C12H22N2O5. The van der Waals surface area contributed by atoms with Crippen molar-refractivity contribution in [1.29, 1.82) is 0 Å². The molecule has 0 spiro atoms. The Labute approximate surface area is 112 Å². The fourth-order valence-electron chi connectivity index (χ4n) is 2.04. The number of aliphatic carboxylic acids is 1. The zero-order valence-electron chi connectivity index (χ0n) is 11.6. The minimum Gasteiger partial charge on any atom is -0.481 e. The van der Waals surface area contributed by atoms with Gasteiger partial charge in [0.15, 0.2) is 0 Å². The van der Waals surface area contributed by atoms with Gasteiger partial charge in [-0.25, -0.2) is 4.79 Å². The van der Waals surface area contributed by atoms with Gasteiger partial charge in [-0.2, -0.15) is 0 Å². The number of hydrogen-bond donors (Lipinski definition) is 3. The standard InChI is InChI=1S/C12H22N2O5/c1-11(2,3)19-10(18)14-7-12(8-14,6-9(16)17)13-4-5-15/h13,15H,4-8H2,1-3H3,(H,16,17). The van der Waals surface area contributed by atoms with Gasteiger partial charge in [-0.05, 0) is 20.8 Å². The summed E-state index contributed by atoms with van der Waals surface area (Å²) < 4.78 is 5.21. The van der Waals surface area contributed by atoms with E-state index in [0.717, 1.165) is 0 Å². The molecule has 0 unspecified atom stereocenters. The van der Waals surface area contributed by atoms with Crippen LogP contribution in [0.25, 0.3) is 0 Å². The molecule has 7 heteroatoms. The number of hydrogen-bond acceptors (Lipinski definition) is 5. The van der Waals surface area contributed by atoms with Crippen molar-refractivity contribution in [2.24, 2.45) is 0 Å². The average molecular weight is 274 g/mol. The van der Waals surface area contributed by atoms with Gasteiger partial charge in [-0.1, -0.05) is 0 Å². The number of carboxylic acids is 1. The van der Waals surface area contributed by atoms with Gasteiger partial charge in [0.05, 0.1) is 18.6 Å². The maximum atomic E-state index is 11.8. The molecule has 0 radical (unpaired) electrons. The molecule has 19 heavy (non-hydrogen) atoms. The lowest BCUT2D eigenvalue weighted by Gasteiger charge is -2.49. The fourth-order valence-corrected chi connectivity index (χ4v) is 2.04. The Morgan fingerprint density at radius 3 is 2.37 bits per heavy atom. The molecule has 3 N–H and O–H groups in total. The van der Waals surface area contributed by atoms with Crippen LogP contribution >= 0.6 is 0 Å². The summed E-state index contributed by atoms with van der Waals surface area (Å²) in [6.45, 7) is 6.10. The van der Waals surface area contributed by atoms with E-state index in [1.165, 1.54) is 4.90 Å². The van der Waals surface area contributed by atoms with Gasteiger partial charge in [-0.3, -0.25) is 4.79 Å². The second kappa shape index (κ2) is 5.75. The molecule has 1 aliphatic rings. The van der Waals surface area contributed by atoms with Crippen molar-refractivity contribution in [2.75, 3.05) is 26.2 Å². The van der Waals surface area contributed by atoms with Crippen LogP contribution in [0.15, 0.2) is 0 Å². The molecule has 110 valence electrons. The lowest BCUT2D eigenvalue weighted by Crippen LogP contribution is -2.71. The largest absolute Gasteiger partial charge is 0.481 e. The lowest BCUT2D eigenvalue weighted by atomic mass is 9.86. The zero-order chi connectivity index (χ0) is 14.7. The minimum atomic E-state index is -0.936. The molecule has 0 aliphatic carbocycles. The highest BCUT2D eigenvalue weighted by atomic mass is 16.6. The monoisotopic (exact) mass is 274 g/mol. The van der Waals surface area contributed by atoms with E-state index >= 15 is 0 Å². The average Bonchev–Trinajstić information content (AvgIpc) is 2.17. The number of ether oxygens (including phenoxy) is 1. The second-order valence-corrected chi connectivity index (χ2v) is 5.84. The molecule has 0 bridgehead atoms. The quantitative estimate of drug-likeness (QED) is 0.654. The van der Waals surface area contributed by atoms with E-state index in [-0.39, 0.29) is 26.1 Å². The molecule has 0 saturated carbocycles. The predicted octanol–water partition coefficient (Wildman–Crippen LogP) is 0.0325. The van der Waals surface area contributed by atoms with Crippen molar-refractivity contribution in [3.8, 4) is 0 Å². The van der Waals surface area contributed by atoms with Gasteiger partial charge in [0.2, 0.25) is 0 Å². The highest BCUT2D eigenvalue weighted by molar-refractivity contribution is 5.73. The molecule has 1 heterocycles. The lowest BCUT2D eigenvalue weighted by molar-refractivity contribution is -0.141. The molecule has 1 fully saturated rings. The van der Waals surface area contributed by atoms with Crippen LogP contribution in [0.5, 0.6) is 0 Å². The number of likely N-dealkylation sites (tertiary alicyclic amines) is 1. The molecule has 0 aromatic rings. The minimum absolute atomic E-state index is 0.0756. The van der Waals surface area contributed by atoms with E-state index in [1.54, 1.807) is 20.8 Å². The number of β-amino-alcohol motifs (C(OH)–C–C–N with tert-alkyl or cyclic N) is 1. The Bertz CT molecular complexity index is 345. The van der Waals surface area contributed by atoms with Gasteiger partial charge < -0.3 is 25.2 Å². The maximum absolute atomic E-state index is 11.8. The second-order valence-electron chi connectivity index (χ2n) is 5.84. The Balaban J connectivity index is 2.53. The summed E-state index contributed by atoms with van der Waals surface area (Å²) in [4.78, 5) is 24.1. The number of aliphatic hydroxyl groups is 1. The van der Waals surface area contributed by atoms with Crippen LogP contribution in [-0.4, -0.2) is 64.6 Å². The third-order valence-electron chi connectivity index (χ3n) is 2.74. The molecule has 0 atom stereocenters. The first-order chi connectivity index (χ1) is 8.67. The number of carboxylic acid groups (broad SMARTS) is 1. The smallest absolute Gasteiger partial charge is 0.410 e. The Morgan fingerprint density at radius 2 is 1.95 bits per heavy atom. The maximum Gasteiger partial charge on any atom is 0.410 e. The molecule has 0 aromatic heterocycles. The zero-order valence-corrected chi connectivity index (χ0v) is 11.6. The summed E-state index contributed by atoms with van der Waals surface area (Å²) in [7, 11) is 0. The summed E-state index contributed by atoms with van der Waals surface area (Å²) >= 11 is 0. The van der Waals surface area contributed by atoms with Gasteiger partial charge >= 0.3 is 12.1 Å². The first-order valence-corrected chi connectivity index (χ1v) is 6.23. The van der Waals surface area contributed by atoms with E-state index in [9.17, 15) is 9.59 Å².